The number of carbonyl (C=O) groups excluding carboxylic acids is 2. The lowest BCUT2D eigenvalue weighted by Crippen LogP contribution is -2.43. The maximum absolute atomic E-state index is 13.2. The summed E-state index contributed by atoms with van der Waals surface area (Å²) in [5.41, 5.74) is 3.48. The highest BCUT2D eigenvalue weighted by Gasteiger charge is 2.24. The molecule has 0 radical (unpaired) electrons. The average Bonchev–Trinajstić information content (AvgIpc) is 2.51. The fraction of sp³-hybridized carbons (Fsp3) is 0.125. The van der Waals surface area contributed by atoms with Gasteiger partial charge in [0.05, 0.1) is 5.56 Å². The van der Waals surface area contributed by atoms with Crippen LogP contribution >= 0.6 is 0 Å². The molecule has 1 atom stereocenters. The van der Waals surface area contributed by atoms with Crippen LogP contribution in [0.15, 0.2) is 35.5 Å². The topological polar surface area (TPSA) is 128 Å². The number of nitrogens with zero attached hydrogens (tertiary/aromatic N) is 1. The quantitative estimate of drug-likeness (QED) is 0.486. The molecule has 0 fully saturated rings. The first-order chi connectivity index (χ1) is 12.2. The minimum absolute atomic E-state index is 0.214. The fourth-order valence-corrected chi connectivity index (χ4v) is 2.29. The molecule has 10 heteroatoms. The maximum atomic E-state index is 13.2. The normalized spacial score (nSPS) is 11.5. The molecule has 0 aliphatic carbocycles. The Morgan fingerprint density at radius 3 is 2.19 bits per heavy atom. The predicted octanol–water partition coefficient (Wildman–Crippen LogP) is 1.95. The third kappa shape index (κ3) is 4.09. The van der Waals surface area contributed by atoms with Crippen LogP contribution in [0.3, 0.4) is 0 Å². The van der Waals surface area contributed by atoms with E-state index in [0.29, 0.717) is 6.07 Å². The molecule has 0 aromatic heterocycles. The van der Waals surface area contributed by atoms with E-state index in [0.717, 1.165) is 18.2 Å². The summed E-state index contributed by atoms with van der Waals surface area (Å²) in [6.45, 7) is 1.43. The fourth-order valence-electron chi connectivity index (χ4n) is 2.29. The van der Waals surface area contributed by atoms with Crippen molar-refractivity contribution in [3.63, 3.8) is 0 Å². The molecule has 0 aliphatic rings. The molecule has 0 aliphatic heterocycles. The van der Waals surface area contributed by atoms with Crippen LogP contribution in [-0.4, -0.2) is 22.0 Å². The Morgan fingerprint density at radius 1 is 1.04 bits per heavy atom. The van der Waals surface area contributed by atoms with E-state index < -0.39 is 35.2 Å². The third-order valence-corrected chi connectivity index (χ3v) is 3.38. The Morgan fingerprint density at radius 2 is 1.65 bits per heavy atom. The number of benzene rings is 2. The smallest absolute Gasteiger partial charge is 0.273 e. The second-order valence-electron chi connectivity index (χ2n) is 5.31. The summed E-state index contributed by atoms with van der Waals surface area (Å²) in [6, 6.07) is 2.40. The first-order valence-electron chi connectivity index (χ1n) is 7.14. The molecule has 136 valence electrons. The Labute approximate surface area is 145 Å². The molecule has 0 saturated heterocycles. The lowest BCUT2D eigenvalue weighted by atomic mass is 10.1. The van der Waals surface area contributed by atoms with Crippen LogP contribution in [0.1, 0.15) is 27.5 Å². The number of aryl methyl sites for hydroxylation is 1. The lowest BCUT2D eigenvalue weighted by molar-refractivity contribution is -0.123. The molecule has 4 N–H and O–H groups in total. The molecule has 26 heavy (non-hydrogen) atoms. The summed E-state index contributed by atoms with van der Waals surface area (Å²) in [4.78, 5) is 34.9. The molecule has 0 spiro atoms. The number of nitroso groups, excluding NO2 is 1. The predicted molar refractivity (Wildman–Crippen MR) is 85.0 cm³/mol. The van der Waals surface area contributed by atoms with Gasteiger partial charge in [-0.2, -0.15) is 0 Å². The zero-order chi connectivity index (χ0) is 19.4. The third-order valence-electron chi connectivity index (χ3n) is 3.38. The van der Waals surface area contributed by atoms with Crippen LogP contribution < -0.4 is 10.9 Å². The van der Waals surface area contributed by atoms with Crippen molar-refractivity contribution in [2.24, 2.45) is 5.18 Å². The molecule has 2 aromatic rings. The number of nitrogens with one attached hydrogen (secondary N) is 2. The van der Waals surface area contributed by atoms with E-state index in [4.69, 9.17) is 0 Å². The summed E-state index contributed by atoms with van der Waals surface area (Å²) in [5.74, 6) is -4.90. The van der Waals surface area contributed by atoms with Gasteiger partial charge in [0.15, 0.2) is 6.04 Å². The summed E-state index contributed by atoms with van der Waals surface area (Å²) in [6.07, 6.45) is 0. The molecule has 8 nitrogen and oxygen atoms in total. The second-order valence-corrected chi connectivity index (χ2v) is 5.31. The number of hydrogen-bond acceptors (Lipinski definition) is 6. The largest absolute Gasteiger partial charge is 0.508 e. The first-order valence-corrected chi connectivity index (χ1v) is 7.14. The Bertz CT molecular complexity index is 845. The number of hydrogen-bond donors (Lipinski definition) is 4. The molecule has 2 aromatic carbocycles. The number of amides is 2. The number of halogens is 2. The van der Waals surface area contributed by atoms with Crippen LogP contribution in [0.5, 0.6) is 11.5 Å². The summed E-state index contributed by atoms with van der Waals surface area (Å²) in [7, 11) is 0. The van der Waals surface area contributed by atoms with E-state index in [-0.39, 0.29) is 22.4 Å². The molecule has 2 rings (SSSR count). The van der Waals surface area contributed by atoms with Crippen LogP contribution in [-0.2, 0) is 4.79 Å². The lowest BCUT2D eigenvalue weighted by Gasteiger charge is -2.13. The number of phenolic OH excluding ortho intramolecular Hbond substituents is 2. The molecule has 0 saturated carbocycles. The van der Waals surface area contributed by atoms with Crippen molar-refractivity contribution in [3.8, 4) is 11.5 Å². The average molecular weight is 365 g/mol. The summed E-state index contributed by atoms with van der Waals surface area (Å²) in [5, 5.41) is 21.5. The van der Waals surface area contributed by atoms with Gasteiger partial charge in [0.1, 0.15) is 23.1 Å². The van der Waals surface area contributed by atoms with Crippen LogP contribution in [0.2, 0.25) is 0 Å². The number of aromatic hydroxyl groups is 2. The zero-order valence-corrected chi connectivity index (χ0v) is 13.3. The van der Waals surface area contributed by atoms with E-state index >= 15 is 0 Å². The minimum Gasteiger partial charge on any atom is -0.508 e. The second kappa shape index (κ2) is 7.55. The maximum Gasteiger partial charge on any atom is 0.273 e. The molecular weight excluding hydrogens is 352 g/mol. The molecular formula is C16H13F2N3O5. The monoisotopic (exact) mass is 365 g/mol. The van der Waals surface area contributed by atoms with Crippen LogP contribution in [0.25, 0.3) is 0 Å². The summed E-state index contributed by atoms with van der Waals surface area (Å²) < 4.78 is 26.4. The van der Waals surface area contributed by atoms with Crippen LogP contribution in [0.4, 0.5) is 8.78 Å². The van der Waals surface area contributed by atoms with Gasteiger partial charge in [-0.1, -0.05) is 5.18 Å². The standard InChI is InChI=1S/C16H13F2N3O5/c1-7-2-11(22)6-12(23)13(7)15(24)19-20-16(25)14(21-26)8-3-9(17)5-10(18)4-8/h2-6,14,22-23H,1H3,(H,19,24)(H,20,25). The number of hydrazine groups is 1. The van der Waals surface area contributed by atoms with E-state index in [2.05, 4.69) is 5.18 Å². The van der Waals surface area contributed by atoms with E-state index in [1.54, 1.807) is 0 Å². The van der Waals surface area contributed by atoms with E-state index in [9.17, 15) is 33.5 Å². The van der Waals surface area contributed by atoms with E-state index in [1.165, 1.54) is 13.0 Å². The van der Waals surface area contributed by atoms with Gasteiger partial charge in [-0.25, -0.2) is 8.78 Å². The molecule has 2 amide bonds. The number of phenols is 2. The highest BCUT2D eigenvalue weighted by atomic mass is 19.1. The highest BCUT2D eigenvalue weighted by molar-refractivity contribution is 5.99. The van der Waals surface area contributed by atoms with Crippen molar-refractivity contribution in [1.29, 1.82) is 0 Å². The van der Waals surface area contributed by atoms with Gasteiger partial charge in [-0.15, -0.1) is 4.91 Å². The van der Waals surface area contributed by atoms with Gasteiger partial charge >= 0.3 is 0 Å². The van der Waals surface area contributed by atoms with Gasteiger partial charge in [0, 0.05) is 12.1 Å². The molecule has 1 unspecified atom stereocenters. The Balaban J connectivity index is 2.14. The van der Waals surface area contributed by atoms with Gasteiger partial charge in [0.25, 0.3) is 11.8 Å². The van der Waals surface area contributed by atoms with Crippen molar-refractivity contribution in [3.05, 3.63) is 63.6 Å². The van der Waals surface area contributed by atoms with Crippen molar-refractivity contribution in [2.75, 3.05) is 0 Å². The summed E-state index contributed by atoms with van der Waals surface area (Å²) >= 11 is 0. The van der Waals surface area contributed by atoms with Gasteiger partial charge in [0.2, 0.25) is 0 Å². The molecule has 0 bridgehead atoms. The van der Waals surface area contributed by atoms with E-state index in [1.807, 2.05) is 10.9 Å². The van der Waals surface area contributed by atoms with Crippen molar-refractivity contribution < 1.29 is 28.6 Å². The first kappa shape index (κ1) is 18.8. The SMILES string of the molecule is Cc1cc(O)cc(O)c1C(=O)NNC(=O)C(N=O)c1cc(F)cc(F)c1. The highest BCUT2D eigenvalue weighted by Crippen LogP contribution is 2.26. The van der Waals surface area contributed by atoms with Crippen molar-refractivity contribution in [1.82, 2.24) is 10.9 Å². The van der Waals surface area contributed by atoms with Gasteiger partial charge < -0.3 is 10.2 Å². The van der Waals surface area contributed by atoms with Crippen molar-refractivity contribution >= 4 is 11.8 Å². The molecule has 0 heterocycles. The Kier molecular flexibility index (Phi) is 5.45. The number of carbonyl (C=O) groups is 2. The minimum atomic E-state index is -1.81. The van der Waals surface area contributed by atoms with Gasteiger partial charge in [-0.3, -0.25) is 20.4 Å². The van der Waals surface area contributed by atoms with Crippen molar-refractivity contribution in [2.45, 2.75) is 13.0 Å². The van der Waals surface area contributed by atoms with Crippen LogP contribution in [0, 0.1) is 23.5 Å². The number of rotatable bonds is 4. The Hall–Kier alpha value is -3.56. The zero-order valence-electron chi connectivity index (χ0n) is 13.3. The van der Waals surface area contributed by atoms with Gasteiger partial charge in [-0.05, 0) is 36.2 Å².